The van der Waals surface area contributed by atoms with Gasteiger partial charge in [0.1, 0.15) is 0 Å². The van der Waals surface area contributed by atoms with E-state index in [1.807, 2.05) is 38.1 Å². The summed E-state index contributed by atoms with van der Waals surface area (Å²) in [6, 6.07) is 13.9. The first-order valence-electron chi connectivity index (χ1n) is 11.2. The zero-order valence-corrected chi connectivity index (χ0v) is 20.7. The number of carbonyl (C=O) groups excluding carboxylic acids is 1. The Morgan fingerprint density at radius 3 is 1.88 bits per heavy atom. The largest absolute Gasteiger partial charge is 0.380 e. The van der Waals surface area contributed by atoms with Crippen LogP contribution in [0.25, 0.3) is 0 Å². The van der Waals surface area contributed by atoms with Crippen molar-refractivity contribution < 1.29 is 22.7 Å². The lowest BCUT2D eigenvalue weighted by Gasteiger charge is -2.25. The van der Waals surface area contributed by atoms with Gasteiger partial charge in [-0.2, -0.15) is 0 Å². The fraction of sp³-hybridized carbons (Fsp3) is 0.458. The minimum atomic E-state index is -3.43. The summed E-state index contributed by atoms with van der Waals surface area (Å²) in [4.78, 5) is 14.8. The van der Waals surface area contributed by atoms with Crippen LogP contribution in [0.2, 0.25) is 0 Å². The summed E-state index contributed by atoms with van der Waals surface area (Å²) in [7, 11) is -3.43. The maximum absolute atomic E-state index is 12.6. The molecule has 2 rings (SSSR count). The smallest absolute Gasteiger partial charge is 0.255 e. The highest BCUT2D eigenvalue weighted by Crippen LogP contribution is 2.19. The maximum atomic E-state index is 12.6. The number of rotatable bonds is 14. The molecule has 0 aliphatic carbocycles. The number of benzene rings is 2. The molecular weight excluding hydrogens is 442 g/mol. The Bertz CT molecular complexity index is 951. The Morgan fingerprint density at radius 2 is 1.39 bits per heavy atom. The Labute approximate surface area is 197 Å². The maximum Gasteiger partial charge on any atom is 0.255 e. The van der Waals surface area contributed by atoms with Gasteiger partial charge in [0, 0.05) is 48.9 Å². The molecule has 0 bridgehead atoms. The number of nitrogens with zero attached hydrogens (tertiary/aromatic N) is 1. The van der Waals surface area contributed by atoms with Crippen LogP contribution in [0.5, 0.6) is 0 Å². The van der Waals surface area contributed by atoms with Gasteiger partial charge in [-0.1, -0.05) is 0 Å². The number of amides is 1. The lowest BCUT2D eigenvalue weighted by Crippen LogP contribution is -2.31. The van der Waals surface area contributed by atoms with E-state index in [4.69, 9.17) is 9.47 Å². The van der Waals surface area contributed by atoms with Gasteiger partial charge in [0.25, 0.3) is 5.91 Å². The SMILES string of the molecule is CCOCCN(CCOCC)c1ccc(NC(=O)c2ccc(NS(=O)(=O)C(C)C)cc2)cc1. The highest BCUT2D eigenvalue weighted by atomic mass is 32.2. The van der Waals surface area contributed by atoms with Crippen LogP contribution >= 0.6 is 0 Å². The monoisotopic (exact) mass is 477 g/mol. The van der Waals surface area contributed by atoms with Gasteiger partial charge in [0.05, 0.1) is 18.5 Å². The van der Waals surface area contributed by atoms with Crippen molar-refractivity contribution in [1.82, 2.24) is 0 Å². The number of hydrogen-bond acceptors (Lipinski definition) is 6. The predicted molar refractivity (Wildman–Crippen MR) is 134 cm³/mol. The highest BCUT2D eigenvalue weighted by molar-refractivity contribution is 7.93. The van der Waals surface area contributed by atoms with Crippen molar-refractivity contribution in [3.05, 3.63) is 54.1 Å². The zero-order valence-electron chi connectivity index (χ0n) is 19.8. The van der Waals surface area contributed by atoms with E-state index in [0.717, 1.165) is 18.8 Å². The average molecular weight is 478 g/mol. The lowest BCUT2D eigenvalue weighted by atomic mass is 10.2. The van der Waals surface area contributed by atoms with Crippen LogP contribution in [-0.4, -0.2) is 59.1 Å². The third kappa shape index (κ3) is 8.68. The topological polar surface area (TPSA) is 97.0 Å². The number of carbonyl (C=O) groups is 1. The van der Waals surface area contributed by atoms with Gasteiger partial charge in [-0.05, 0) is 76.2 Å². The summed E-state index contributed by atoms with van der Waals surface area (Å²) in [5.74, 6) is -0.273. The molecule has 0 aromatic heterocycles. The molecule has 0 atom stereocenters. The highest BCUT2D eigenvalue weighted by Gasteiger charge is 2.16. The predicted octanol–water partition coefficient (Wildman–Crippen LogP) is 3.97. The molecule has 9 heteroatoms. The summed E-state index contributed by atoms with van der Waals surface area (Å²) in [6.45, 7) is 11.3. The van der Waals surface area contributed by atoms with Crippen molar-refractivity contribution in [2.45, 2.75) is 32.9 Å². The van der Waals surface area contributed by atoms with Crippen LogP contribution in [0.3, 0.4) is 0 Å². The number of ether oxygens (including phenoxy) is 2. The molecule has 0 aliphatic rings. The van der Waals surface area contributed by atoms with Crippen molar-refractivity contribution in [2.75, 3.05) is 54.5 Å². The summed E-state index contributed by atoms with van der Waals surface area (Å²) in [6.07, 6.45) is 0. The van der Waals surface area contributed by atoms with Crippen molar-refractivity contribution in [3.8, 4) is 0 Å². The number of anilines is 3. The fourth-order valence-electron chi connectivity index (χ4n) is 2.94. The van der Waals surface area contributed by atoms with Crippen LogP contribution in [-0.2, 0) is 19.5 Å². The van der Waals surface area contributed by atoms with E-state index in [-0.39, 0.29) is 5.91 Å². The first kappa shape index (κ1) is 26.6. The van der Waals surface area contributed by atoms with Crippen LogP contribution in [0, 0.1) is 0 Å². The molecule has 0 spiro atoms. The van der Waals surface area contributed by atoms with Crippen LogP contribution in [0.4, 0.5) is 17.1 Å². The van der Waals surface area contributed by atoms with Crippen molar-refractivity contribution >= 4 is 33.0 Å². The second kappa shape index (κ2) is 13.2. The molecule has 2 aromatic rings. The molecular formula is C24H35N3O5S. The van der Waals surface area contributed by atoms with Gasteiger partial charge >= 0.3 is 0 Å². The van der Waals surface area contributed by atoms with E-state index in [0.29, 0.717) is 43.4 Å². The van der Waals surface area contributed by atoms with Crippen molar-refractivity contribution in [1.29, 1.82) is 0 Å². The quantitative estimate of drug-likeness (QED) is 0.400. The standard InChI is InChI=1S/C24H35N3O5S/c1-5-31-17-15-27(16-18-32-6-2)23-13-11-21(12-14-23)25-24(28)20-7-9-22(10-8-20)26-33(29,30)19(3)4/h7-14,19,26H,5-6,15-18H2,1-4H3,(H,25,28). The van der Waals surface area contributed by atoms with Gasteiger partial charge < -0.3 is 19.7 Å². The zero-order chi connectivity index (χ0) is 24.3. The second-order valence-corrected chi connectivity index (χ2v) is 9.89. The van der Waals surface area contributed by atoms with Gasteiger partial charge in [0.2, 0.25) is 10.0 Å². The molecule has 0 saturated carbocycles. The molecule has 182 valence electrons. The molecule has 0 heterocycles. The van der Waals surface area contributed by atoms with E-state index in [1.54, 1.807) is 38.1 Å². The van der Waals surface area contributed by atoms with Crippen LogP contribution < -0.4 is 14.9 Å². The molecule has 8 nitrogen and oxygen atoms in total. The van der Waals surface area contributed by atoms with Crippen LogP contribution in [0.1, 0.15) is 38.1 Å². The van der Waals surface area contributed by atoms with Gasteiger partial charge in [-0.3, -0.25) is 9.52 Å². The molecule has 0 saturated heterocycles. The Kier molecular flexibility index (Phi) is 10.6. The molecule has 33 heavy (non-hydrogen) atoms. The second-order valence-electron chi connectivity index (χ2n) is 7.66. The van der Waals surface area contributed by atoms with E-state index in [1.165, 1.54) is 0 Å². The van der Waals surface area contributed by atoms with Crippen molar-refractivity contribution in [2.24, 2.45) is 0 Å². The van der Waals surface area contributed by atoms with Gasteiger partial charge in [-0.25, -0.2) is 8.42 Å². The molecule has 0 radical (unpaired) electrons. The normalized spacial score (nSPS) is 11.4. The molecule has 2 aromatic carbocycles. The molecule has 0 fully saturated rings. The molecule has 0 unspecified atom stereocenters. The van der Waals surface area contributed by atoms with Crippen LogP contribution in [0.15, 0.2) is 48.5 Å². The molecule has 0 aliphatic heterocycles. The van der Waals surface area contributed by atoms with E-state index in [2.05, 4.69) is 14.9 Å². The van der Waals surface area contributed by atoms with Gasteiger partial charge in [-0.15, -0.1) is 0 Å². The van der Waals surface area contributed by atoms with E-state index in [9.17, 15) is 13.2 Å². The van der Waals surface area contributed by atoms with E-state index >= 15 is 0 Å². The third-order valence-electron chi connectivity index (χ3n) is 4.94. The summed E-state index contributed by atoms with van der Waals surface area (Å²) in [5, 5.41) is 2.33. The minimum Gasteiger partial charge on any atom is -0.380 e. The summed E-state index contributed by atoms with van der Waals surface area (Å²) in [5.41, 5.74) is 2.54. The fourth-order valence-corrected chi connectivity index (χ4v) is 3.64. The van der Waals surface area contributed by atoms with Crippen molar-refractivity contribution in [3.63, 3.8) is 0 Å². The third-order valence-corrected chi connectivity index (χ3v) is 6.70. The summed E-state index contributed by atoms with van der Waals surface area (Å²) < 4.78 is 37.4. The first-order chi connectivity index (χ1) is 15.8. The summed E-state index contributed by atoms with van der Waals surface area (Å²) >= 11 is 0. The first-order valence-corrected chi connectivity index (χ1v) is 12.7. The van der Waals surface area contributed by atoms with E-state index < -0.39 is 15.3 Å². The Balaban J connectivity index is 2.00. The lowest BCUT2D eigenvalue weighted by molar-refractivity contribution is 0.102. The Hall–Kier alpha value is -2.62. The minimum absolute atomic E-state index is 0.273. The molecule has 1 amide bonds. The molecule has 2 N–H and O–H groups in total. The Morgan fingerprint density at radius 1 is 0.879 bits per heavy atom. The number of sulfonamides is 1. The average Bonchev–Trinajstić information content (AvgIpc) is 2.79. The van der Waals surface area contributed by atoms with Gasteiger partial charge in [0.15, 0.2) is 0 Å². The number of hydrogen-bond donors (Lipinski definition) is 2. The number of nitrogens with one attached hydrogen (secondary N) is 2.